The fraction of sp³-hybridized carbons (Fsp3) is 0.400. The molecule has 0 radical (unpaired) electrons. The van der Waals surface area contributed by atoms with E-state index in [1.165, 1.54) is 0 Å². The van der Waals surface area contributed by atoms with Gasteiger partial charge in [-0.1, -0.05) is 24.8 Å². The molecule has 3 heterocycles. The van der Waals surface area contributed by atoms with Gasteiger partial charge in [-0.3, -0.25) is 4.79 Å². The van der Waals surface area contributed by atoms with E-state index < -0.39 is 0 Å². The second-order valence-electron chi connectivity index (χ2n) is 10.4. The van der Waals surface area contributed by atoms with Crippen LogP contribution in [0.15, 0.2) is 43.0 Å². The fourth-order valence-corrected chi connectivity index (χ4v) is 5.68. The summed E-state index contributed by atoms with van der Waals surface area (Å²) in [6.45, 7) is 5.69. The minimum absolute atomic E-state index is 0.0177. The molecular formula is C30H31N5O2. The number of pyridine rings is 2. The van der Waals surface area contributed by atoms with Crippen molar-refractivity contribution in [2.24, 2.45) is 5.92 Å². The standard InChI is InChI=1S/C30H31N5O2/c1-2-22-16-24(23-5-3-4-6-26(23)32-22)25-15-21(17-31)30(33-29(25)20-9-10-20)34-12-13-35(28(37)11-14-36)27(18-34)19-7-8-19/h2-6,15-16,19-20,27,36H,1,7-14,18H2. The summed E-state index contributed by atoms with van der Waals surface area (Å²) in [5.74, 6) is 1.62. The molecule has 2 saturated carbocycles. The van der Waals surface area contributed by atoms with Gasteiger partial charge in [-0.2, -0.15) is 5.26 Å². The number of nitriles is 1. The molecule has 1 N–H and O–H groups in total. The summed E-state index contributed by atoms with van der Waals surface area (Å²) in [6, 6.07) is 14.7. The third-order valence-electron chi connectivity index (χ3n) is 7.88. The fourth-order valence-electron chi connectivity index (χ4n) is 5.68. The Morgan fingerprint density at radius 2 is 1.95 bits per heavy atom. The summed E-state index contributed by atoms with van der Waals surface area (Å²) in [5.41, 5.74) is 5.34. The largest absolute Gasteiger partial charge is 0.396 e. The van der Waals surface area contributed by atoms with E-state index in [1.807, 2.05) is 35.2 Å². The lowest BCUT2D eigenvalue weighted by molar-refractivity contribution is -0.135. The molecule has 2 aromatic heterocycles. The number of nitrogens with zero attached hydrogens (tertiary/aromatic N) is 5. The molecule has 1 aliphatic heterocycles. The van der Waals surface area contributed by atoms with Crippen LogP contribution < -0.4 is 4.90 Å². The molecule has 7 heteroatoms. The van der Waals surface area contributed by atoms with Crippen LogP contribution in [0.5, 0.6) is 0 Å². The number of rotatable bonds is 7. The number of hydrogen-bond acceptors (Lipinski definition) is 6. The zero-order valence-corrected chi connectivity index (χ0v) is 20.9. The van der Waals surface area contributed by atoms with Gasteiger partial charge in [0.2, 0.25) is 5.91 Å². The Morgan fingerprint density at radius 1 is 1.14 bits per heavy atom. The normalized spacial score (nSPS) is 19.6. The summed E-state index contributed by atoms with van der Waals surface area (Å²) < 4.78 is 0. The van der Waals surface area contributed by atoms with E-state index in [0.29, 0.717) is 37.0 Å². The minimum Gasteiger partial charge on any atom is -0.396 e. The SMILES string of the molecule is C=Cc1cc(-c2cc(C#N)c(N3CCN(C(=O)CCO)C(C4CC4)C3)nc2C2CC2)c2ccccc2n1. The lowest BCUT2D eigenvalue weighted by Gasteiger charge is -2.42. The zero-order chi connectivity index (χ0) is 25.5. The van der Waals surface area contributed by atoms with Crippen LogP contribution in [-0.2, 0) is 4.79 Å². The van der Waals surface area contributed by atoms with Gasteiger partial charge in [-0.25, -0.2) is 9.97 Å². The smallest absolute Gasteiger partial charge is 0.225 e. The number of aliphatic hydroxyl groups excluding tert-OH is 1. The van der Waals surface area contributed by atoms with Crippen molar-refractivity contribution in [3.63, 3.8) is 0 Å². The van der Waals surface area contributed by atoms with Gasteiger partial charge >= 0.3 is 0 Å². The van der Waals surface area contributed by atoms with E-state index in [-0.39, 0.29) is 25.0 Å². The molecule has 1 aromatic carbocycles. The Bertz CT molecular complexity index is 1420. The highest BCUT2D eigenvalue weighted by atomic mass is 16.3. The third kappa shape index (κ3) is 4.47. The molecule has 6 rings (SSSR count). The molecule has 37 heavy (non-hydrogen) atoms. The van der Waals surface area contributed by atoms with E-state index in [4.69, 9.17) is 9.97 Å². The predicted molar refractivity (Wildman–Crippen MR) is 144 cm³/mol. The first-order chi connectivity index (χ1) is 18.1. The number of piperazine rings is 1. The van der Waals surface area contributed by atoms with Gasteiger partial charge in [-0.05, 0) is 61.4 Å². The number of amides is 1. The van der Waals surface area contributed by atoms with E-state index in [1.54, 1.807) is 6.08 Å². The number of benzene rings is 1. The van der Waals surface area contributed by atoms with Gasteiger partial charge in [0.05, 0.1) is 35.1 Å². The van der Waals surface area contributed by atoms with Crippen LogP contribution in [-0.4, -0.2) is 58.2 Å². The highest BCUT2D eigenvalue weighted by Gasteiger charge is 2.41. The van der Waals surface area contributed by atoms with Gasteiger partial charge in [0.25, 0.3) is 0 Å². The first kappa shape index (κ1) is 23.6. The Labute approximate surface area is 217 Å². The number of fused-ring (bicyclic) bond motifs is 1. The second kappa shape index (κ2) is 9.60. The van der Waals surface area contributed by atoms with Crippen molar-refractivity contribution in [3.05, 3.63) is 59.9 Å². The maximum absolute atomic E-state index is 12.7. The van der Waals surface area contributed by atoms with Gasteiger partial charge in [0, 0.05) is 42.9 Å². The molecule has 1 unspecified atom stereocenters. The molecule has 7 nitrogen and oxygen atoms in total. The maximum atomic E-state index is 12.7. The van der Waals surface area contributed by atoms with E-state index in [2.05, 4.69) is 23.6 Å². The van der Waals surface area contributed by atoms with Crippen molar-refractivity contribution in [1.29, 1.82) is 5.26 Å². The first-order valence-corrected chi connectivity index (χ1v) is 13.2. The Hall–Kier alpha value is -3.76. The highest BCUT2D eigenvalue weighted by Crippen LogP contribution is 2.46. The summed E-state index contributed by atoms with van der Waals surface area (Å²) in [7, 11) is 0. The Balaban J connectivity index is 1.42. The lowest BCUT2D eigenvalue weighted by atomic mass is 9.95. The quantitative estimate of drug-likeness (QED) is 0.521. The Kier molecular flexibility index (Phi) is 6.13. The summed E-state index contributed by atoms with van der Waals surface area (Å²) in [6.07, 6.45) is 6.35. The van der Waals surface area contributed by atoms with Gasteiger partial charge < -0.3 is 14.9 Å². The molecule has 2 aliphatic carbocycles. The number of carbonyl (C=O) groups excluding carboxylic acids is 1. The van der Waals surface area contributed by atoms with Crippen molar-refractivity contribution >= 4 is 28.7 Å². The number of aliphatic hydroxyl groups is 1. The van der Waals surface area contributed by atoms with E-state index in [0.717, 1.165) is 64.9 Å². The van der Waals surface area contributed by atoms with Crippen molar-refractivity contribution < 1.29 is 9.90 Å². The molecule has 188 valence electrons. The number of hydrogen-bond donors (Lipinski definition) is 1. The van der Waals surface area contributed by atoms with Crippen molar-refractivity contribution in [3.8, 4) is 17.2 Å². The summed E-state index contributed by atoms with van der Waals surface area (Å²) in [4.78, 5) is 26.8. The van der Waals surface area contributed by atoms with Crippen LogP contribution in [0.3, 0.4) is 0 Å². The molecule has 1 amide bonds. The molecule has 1 atom stereocenters. The van der Waals surface area contributed by atoms with Crippen LogP contribution >= 0.6 is 0 Å². The Morgan fingerprint density at radius 3 is 2.65 bits per heavy atom. The number of aromatic nitrogens is 2. The molecular weight excluding hydrogens is 462 g/mol. The van der Waals surface area contributed by atoms with E-state index in [9.17, 15) is 15.2 Å². The number of anilines is 1. The number of para-hydroxylation sites is 1. The van der Waals surface area contributed by atoms with Crippen molar-refractivity contribution in [1.82, 2.24) is 14.9 Å². The topological polar surface area (TPSA) is 93.4 Å². The lowest BCUT2D eigenvalue weighted by Crippen LogP contribution is -2.56. The van der Waals surface area contributed by atoms with Gasteiger partial charge in [0.1, 0.15) is 11.9 Å². The monoisotopic (exact) mass is 493 g/mol. The third-order valence-corrected chi connectivity index (χ3v) is 7.88. The highest BCUT2D eigenvalue weighted by molar-refractivity contribution is 5.96. The van der Waals surface area contributed by atoms with Gasteiger partial charge in [0.15, 0.2) is 0 Å². The zero-order valence-electron chi connectivity index (χ0n) is 20.9. The van der Waals surface area contributed by atoms with E-state index >= 15 is 0 Å². The molecule has 1 saturated heterocycles. The van der Waals surface area contributed by atoms with Crippen molar-refractivity contribution in [2.45, 2.75) is 44.1 Å². The molecule has 3 aliphatic rings. The molecule has 3 aromatic rings. The molecule has 3 fully saturated rings. The average Bonchev–Trinajstić information content (AvgIpc) is 3.85. The number of carbonyl (C=O) groups is 1. The predicted octanol–water partition coefficient (Wildman–Crippen LogP) is 4.50. The first-order valence-electron chi connectivity index (χ1n) is 13.2. The van der Waals surface area contributed by atoms with Crippen molar-refractivity contribution in [2.75, 3.05) is 31.1 Å². The van der Waals surface area contributed by atoms with Crippen LogP contribution in [0.4, 0.5) is 5.82 Å². The van der Waals surface area contributed by atoms with Crippen LogP contribution in [0.2, 0.25) is 0 Å². The molecule has 0 spiro atoms. The summed E-state index contributed by atoms with van der Waals surface area (Å²) >= 11 is 0. The van der Waals surface area contributed by atoms with Crippen LogP contribution in [0.1, 0.15) is 55.0 Å². The minimum atomic E-state index is -0.125. The second-order valence-corrected chi connectivity index (χ2v) is 10.4. The van der Waals surface area contributed by atoms with Gasteiger partial charge in [-0.15, -0.1) is 0 Å². The average molecular weight is 494 g/mol. The summed E-state index contributed by atoms with van der Waals surface area (Å²) in [5, 5.41) is 20.6. The maximum Gasteiger partial charge on any atom is 0.225 e. The molecule has 0 bridgehead atoms. The van der Waals surface area contributed by atoms with Crippen LogP contribution in [0, 0.1) is 17.2 Å². The van der Waals surface area contributed by atoms with Crippen LogP contribution in [0.25, 0.3) is 28.1 Å².